The minimum Gasteiger partial charge on any atom is -0.497 e. The maximum Gasteiger partial charge on any atom is 0.337 e. The molecular formula is C14H19NO4. The Bertz CT molecular complexity index is 461. The molecule has 5 heteroatoms. The molecule has 0 aromatic heterocycles. The average Bonchev–Trinajstić information content (AvgIpc) is 2.87. The van der Waals surface area contributed by atoms with Crippen LogP contribution in [0.5, 0.6) is 5.75 Å². The first kappa shape index (κ1) is 13.7. The van der Waals surface area contributed by atoms with Gasteiger partial charge in [-0.1, -0.05) is 0 Å². The van der Waals surface area contributed by atoms with Crippen LogP contribution in [-0.2, 0) is 4.74 Å². The fraction of sp³-hybridized carbons (Fsp3) is 0.500. The van der Waals surface area contributed by atoms with Gasteiger partial charge in [-0.15, -0.1) is 0 Å². The molecule has 1 aliphatic rings. The lowest BCUT2D eigenvalue weighted by Gasteiger charge is -2.21. The van der Waals surface area contributed by atoms with E-state index in [1.54, 1.807) is 32.4 Å². The normalized spacial score (nSPS) is 18.6. The molecule has 19 heavy (non-hydrogen) atoms. The van der Waals surface area contributed by atoms with Crippen LogP contribution >= 0.6 is 0 Å². The van der Waals surface area contributed by atoms with Gasteiger partial charge in [0.15, 0.2) is 0 Å². The number of rotatable bonds is 5. The number of hydrogen-bond acceptors (Lipinski definition) is 4. The summed E-state index contributed by atoms with van der Waals surface area (Å²) in [5.41, 5.74) is 1.05. The van der Waals surface area contributed by atoms with E-state index in [2.05, 4.69) is 4.90 Å². The van der Waals surface area contributed by atoms with Crippen LogP contribution in [0, 0.1) is 5.92 Å². The van der Waals surface area contributed by atoms with Crippen LogP contribution in [0.4, 0.5) is 5.69 Å². The number of nitrogens with zero attached hydrogens (tertiary/aromatic N) is 1. The van der Waals surface area contributed by atoms with Crippen molar-refractivity contribution in [1.29, 1.82) is 0 Å². The van der Waals surface area contributed by atoms with Crippen LogP contribution < -0.4 is 9.64 Å². The summed E-state index contributed by atoms with van der Waals surface area (Å²) in [5, 5.41) is 9.27. The Labute approximate surface area is 112 Å². The van der Waals surface area contributed by atoms with Gasteiger partial charge in [0, 0.05) is 32.2 Å². The first-order chi connectivity index (χ1) is 9.15. The van der Waals surface area contributed by atoms with Gasteiger partial charge in [0.05, 0.1) is 25.0 Å². The van der Waals surface area contributed by atoms with Crippen molar-refractivity contribution in [2.45, 2.75) is 6.42 Å². The summed E-state index contributed by atoms with van der Waals surface area (Å²) in [6.07, 6.45) is 1.02. The second kappa shape index (κ2) is 5.93. The van der Waals surface area contributed by atoms with E-state index >= 15 is 0 Å². The fourth-order valence-corrected chi connectivity index (χ4v) is 2.50. The Morgan fingerprint density at radius 2 is 2.26 bits per heavy atom. The molecule has 1 unspecified atom stereocenters. The summed E-state index contributed by atoms with van der Waals surface area (Å²) >= 11 is 0. The molecule has 0 amide bonds. The molecule has 2 rings (SSSR count). The van der Waals surface area contributed by atoms with Gasteiger partial charge < -0.3 is 19.5 Å². The SMILES string of the molecule is COCC1CCN(c2cc(OC)ccc2C(=O)O)C1. The van der Waals surface area contributed by atoms with Crippen LogP contribution in [0.2, 0.25) is 0 Å². The van der Waals surface area contributed by atoms with Gasteiger partial charge in [-0.3, -0.25) is 0 Å². The van der Waals surface area contributed by atoms with E-state index in [9.17, 15) is 9.90 Å². The third-order valence-corrected chi connectivity index (χ3v) is 3.46. The smallest absolute Gasteiger partial charge is 0.337 e. The number of aromatic carboxylic acids is 1. The number of methoxy groups -OCH3 is 2. The summed E-state index contributed by atoms with van der Waals surface area (Å²) < 4.78 is 10.3. The van der Waals surface area contributed by atoms with Crippen LogP contribution in [0.25, 0.3) is 0 Å². The molecule has 1 aromatic carbocycles. The number of carboxylic acid groups (broad SMARTS) is 1. The fourth-order valence-electron chi connectivity index (χ4n) is 2.50. The van der Waals surface area contributed by atoms with Gasteiger partial charge in [-0.05, 0) is 18.6 Å². The van der Waals surface area contributed by atoms with E-state index in [1.807, 2.05) is 0 Å². The van der Waals surface area contributed by atoms with E-state index in [1.165, 1.54) is 0 Å². The van der Waals surface area contributed by atoms with Crippen molar-refractivity contribution in [2.75, 3.05) is 38.8 Å². The quantitative estimate of drug-likeness (QED) is 0.880. The van der Waals surface area contributed by atoms with Crippen molar-refractivity contribution in [3.05, 3.63) is 23.8 Å². The molecule has 0 spiro atoms. The molecule has 0 radical (unpaired) electrons. The van der Waals surface area contributed by atoms with Gasteiger partial charge in [0.2, 0.25) is 0 Å². The summed E-state index contributed by atoms with van der Waals surface area (Å²) in [7, 11) is 3.27. The average molecular weight is 265 g/mol. The van der Waals surface area contributed by atoms with Crippen LogP contribution in [-0.4, -0.2) is 45.0 Å². The van der Waals surface area contributed by atoms with Crippen LogP contribution in [0.1, 0.15) is 16.8 Å². The number of carbonyl (C=O) groups is 1. The summed E-state index contributed by atoms with van der Waals surface area (Å²) in [5.74, 6) is 0.223. The number of carboxylic acids is 1. The zero-order valence-electron chi connectivity index (χ0n) is 11.3. The highest BCUT2D eigenvalue weighted by Gasteiger charge is 2.26. The second-order valence-electron chi connectivity index (χ2n) is 4.74. The first-order valence-corrected chi connectivity index (χ1v) is 6.31. The molecule has 0 bridgehead atoms. The minimum atomic E-state index is -0.909. The third-order valence-electron chi connectivity index (χ3n) is 3.46. The summed E-state index contributed by atoms with van der Waals surface area (Å²) in [6, 6.07) is 5.06. The third kappa shape index (κ3) is 2.98. The van der Waals surface area contributed by atoms with Crippen molar-refractivity contribution < 1.29 is 19.4 Å². The Hall–Kier alpha value is -1.75. The second-order valence-corrected chi connectivity index (χ2v) is 4.74. The molecule has 0 saturated carbocycles. The maximum atomic E-state index is 11.3. The van der Waals surface area contributed by atoms with E-state index in [0.29, 0.717) is 23.8 Å². The molecule has 1 saturated heterocycles. The molecule has 1 heterocycles. The lowest BCUT2D eigenvalue weighted by Crippen LogP contribution is -2.23. The van der Waals surface area contributed by atoms with Gasteiger partial charge in [0.25, 0.3) is 0 Å². The molecule has 1 fully saturated rings. The minimum absolute atomic E-state index is 0.318. The van der Waals surface area contributed by atoms with E-state index in [-0.39, 0.29) is 0 Å². The largest absolute Gasteiger partial charge is 0.497 e. The van der Waals surface area contributed by atoms with E-state index in [4.69, 9.17) is 9.47 Å². The lowest BCUT2D eigenvalue weighted by molar-refractivity contribution is 0.0697. The van der Waals surface area contributed by atoms with Crippen molar-refractivity contribution in [3.63, 3.8) is 0 Å². The van der Waals surface area contributed by atoms with Crippen molar-refractivity contribution in [3.8, 4) is 5.75 Å². The lowest BCUT2D eigenvalue weighted by atomic mass is 10.1. The highest BCUT2D eigenvalue weighted by Crippen LogP contribution is 2.30. The molecule has 5 nitrogen and oxygen atoms in total. The molecule has 0 aliphatic carbocycles. The zero-order chi connectivity index (χ0) is 13.8. The molecule has 1 atom stereocenters. The standard InChI is InChI=1S/C14H19NO4/c1-18-9-10-5-6-15(8-10)13-7-11(19-2)3-4-12(13)14(16)17/h3-4,7,10H,5-6,8-9H2,1-2H3,(H,16,17). The van der Waals surface area contributed by atoms with Crippen molar-refractivity contribution in [1.82, 2.24) is 0 Å². The monoisotopic (exact) mass is 265 g/mol. The molecule has 1 aromatic rings. The molecule has 1 N–H and O–H groups in total. The van der Waals surface area contributed by atoms with E-state index < -0.39 is 5.97 Å². The highest BCUT2D eigenvalue weighted by molar-refractivity contribution is 5.95. The van der Waals surface area contributed by atoms with Gasteiger partial charge in [-0.25, -0.2) is 4.79 Å². The van der Waals surface area contributed by atoms with Gasteiger partial charge >= 0.3 is 5.97 Å². The van der Waals surface area contributed by atoms with Crippen molar-refractivity contribution >= 4 is 11.7 Å². The van der Waals surface area contributed by atoms with Gasteiger partial charge in [0.1, 0.15) is 5.75 Å². The van der Waals surface area contributed by atoms with Crippen LogP contribution in [0.3, 0.4) is 0 Å². The number of hydrogen-bond donors (Lipinski definition) is 1. The number of ether oxygens (including phenoxy) is 2. The Balaban J connectivity index is 2.25. The van der Waals surface area contributed by atoms with Gasteiger partial charge in [-0.2, -0.15) is 0 Å². The van der Waals surface area contributed by atoms with Crippen LogP contribution in [0.15, 0.2) is 18.2 Å². The van der Waals surface area contributed by atoms with E-state index in [0.717, 1.165) is 25.2 Å². The molecular weight excluding hydrogens is 246 g/mol. The predicted octanol–water partition coefficient (Wildman–Crippen LogP) is 1.87. The summed E-state index contributed by atoms with van der Waals surface area (Å²) in [4.78, 5) is 13.4. The maximum absolute atomic E-state index is 11.3. The predicted molar refractivity (Wildman–Crippen MR) is 72.1 cm³/mol. The molecule has 1 aliphatic heterocycles. The highest BCUT2D eigenvalue weighted by atomic mass is 16.5. The number of anilines is 1. The summed E-state index contributed by atoms with van der Waals surface area (Å²) in [6.45, 7) is 2.38. The zero-order valence-corrected chi connectivity index (χ0v) is 11.3. The Morgan fingerprint density at radius 3 is 2.89 bits per heavy atom. The Kier molecular flexibility index (Phi) is 4.27. The molecule has 104 valence electrons. The Morgan fingerprint density at radius 1 is 1.47 bits per heavy atom. The number of benzene rings is 1. The topological polar surface area (TPSA) is 59.0 Å². The first-order valence-electron chi connectivity index (χ1n) is 6.31. The van der Waals surface area contributed by atoms with Crippen molar-refractivity contribution in [2.24, 2.45) is 5.92 Å².